The standard InChI is InChI=1S/C15H22BrNO3/c1-4-11(2)17(7-8-20-3)10-13-6-5-12(15(18)19)9-14(13)16/h5-6,9,11H,4,7-8,10H2,1-3H3,(H,18,19). The molecule has 112 valence electrons. The predicted octanol–water partition coefficient (Wildman–Crippen LogP) is 3.39. The first-order valence-electron chi connectivity index (χ1n) is 6.74. The molecular weight excluding hydrogens is 322 g/mol. The number of nitrogens with zero attached hydrogens (tertiary/aromatic N) is 1. The highest BCUT2D eigenvalue weighted by Gasteiger charge is 2.15. The number of carboxylic acid groups (broad SMARTS) is 1. The molecule has 1 aromatic rings. The molecule has 1 rings (SSSR count). The Morgan fingerprint density at radius 3 is 2.70 bits per heavy atom. The minimum absolute atomic E-state index is 0.299. The first-order chi connectivity index (χ1) is 9.49. The van der Waals surface area contributed by atoms with Crippen LogP contribution < -0.4 is 0 Å². The van der Waals surface area contributed by atoms with Crippen LogP contribution in [0.25, 0.3) is 0 Å². The number of aromatic carboxylic acids is 1. The van der Waals surface area contributed by atoms with Crippen molar-refractivity contribution in [2.45, 2.75) is 32.9 Å². The maximum Gasteiger partial charge on any atom is 0.335 e. The Hall–Kier alpha value is -0.910. The van der Waals surface area contributed by atoms with Crippen molar-refractivity contribution in [3.05, 3.63) is 33.8 Å². The maximum absolute atomic E-state index is 10.9. The summed E-state index contributed by atoms with van der Waals surface area (Å²) in [7, 11) is 1.70. The molecule has 1 aromatic carbocycles. The molecule has 0 aromatic heterocycles. The average molecular weight is 344 g/mol. The van der Waals surface area contributed by atoms with Gasteiger partial charge in [0.2, 0.25) is 0 Å². The molecule has 0 aliphatic rings. The lowest BCUT2D eigenvalue weighted by atomic mass is 10.1. The van der Waals surface area contributed by atoms with Crippen molar-refractivity contribution in [1.82, 2.24) is 4.90 Å². The number of hydrogen-bond acceptors (Lipinski definition) is 3. The van der Waals surface area contributed by atoms with E-state index in [0.717, 1.165) is 29.5 Å². The Morgan fingerprint density at radius 1 is 1.50 bits per heavy atom. The summed E-state index contributed by atoms with van der Waals surface area (Å²) in [6.45, 7) is 6.68. The van der Waals surface area contributed by atoms with E-state index in [1.165, 1.54) is 0 Å². The lowest BCUT2D eigenvalue weighted by Gasteiger charge is -2.28. The Kier molecular flexibility index (Phi) is 7.19. The van der Waals surface area contributed by atoms with Gasteiger partial charge in [0.25, 0.3) is 0 Å². The third-order valence-electron chi connectivity index (χ3n) is 3.47. The molecule has 1 N–H and O–H groups in total. The van der Waals surface area contributed by atoms with Crippen LogP contribution in [0.5, 0.6) is 0 Å². The summed E-state index contributed by atoms with van der Waals surface area (Å²) in [6.07, 6.45) is 1.06. The van der Waals surface area contributed by atoms with Crippen molar-refractivity contribution in [1.29, 1.82) is 0 Å². The fourth-order valence-electron chi connectivity index (χ4n) is 1.95. The van der Waals surface area contributed by atoms with Gasteiger partial charge in [0.1, 0.15) is 0 Å². The topological polar surface area (TPSA) is 49.8 Å². The molecule has 1 unspecified atom stereocenters. The molecule has 0 spiro atoms. The molecule has 0 bridgehead atoms. The quantitative estimate of drug-likeness (QED) is 0.785. The van der Waals surface area contributed by atoms with Gasteiger partial charge in [-0.25, -0.2) is 4.79 Å². The third kappa shape index (κ3) is 4.89. The lowest BCUT2D eigenvalue weighted by Crippen LogP contribution is -2.35. The fraction of sp³-hybridized carbons (Fsp3) is 0.533. The number of benzene rings is 1. The van der Waals surface area contributed by atoms with Gasteiger partial charge in [-0.2, -0.15) is 0 Å². The average Bonchev–Trinajstić information content (AvgIpc) is 2.43. The van der Waals surface area contributed by atoms with Crippen LogP contribution in [0.4, 0.5) is 0 Å². The SMILES string of the molecule is CCC(C)N(CCOC)Cc1ccc(C(=O)O)cc1Br. The molecule has 0 fully saturated rings. The van der Waals surface area contributed by atoms with E-state index in [9.17, 15) is 4.79 Å². The molecular formula is C15H22BrNO3. The smallest absolute Gasteiger partial charge is 0.335 e. The van der Waals surface area contributed by atoms with Gasteiger partial charge in [-0.3, -0.25) is 4.90 Å². The van der Waals surface area contributed by atoms with Crippen LogP contribution in [0.2, 0.25) is 0 Å². The summed E-state index contributed by atoms with van der Waals surface area (Å²) in [4.78, 5) is 13.3. The largest absolute Gasteiger partial charge is 0.478 e. The molecule has 5 heteroatoms. The zero-order valence-corrected chi connectivity index (χ0v) is 13.8. The number of ether oxygens (including phenoxy) is 1. The van der Waals surface area contributed by atoms with Crippen LogP contribution in [-0.4, -0.2) is 42.3 Å². The van der Waals surface area contributed by atoms with Gasteiger partial charge in [-0.05, 0) is 31.0 Å². The molecule has 0 aliphatic carbocycles. The Bertz CT molecular complexity index is 451. The van der Waals surface area contributed by atoms with Crippen molar-refractivity contribution in [2.24, 2.45) is 0 Å². The highest BCUT2D eigenvalue weighted by Crippen LogP contribution is 2.21. The van der Waals surface area contributed by atoms with Crippen LogP contribution in [-0.2, 0) is 11.3 Å². The fourth-order valence-corrected chi connectivity index (χ4v) is 2.45. The van der Waals surface area contributed by atoms with Gasteiger partial charge in [0.05, 0.1) is 12.2 Å². The van der Waals surface area contributed by atoms with E-state index in [2.05, 4.69) is 34.7 Å². The Morgan fingerprint density at radius 2 is 2.20 bits per heavy atom. The molecule has 0 saturated carbocycles. The summed E-state index contributed by atoms with van der Waals surface area (Å²) in [5.41, 5.74) is 1.39. The summed E-state index contributed by atoms with van der Waals surface area (Å²) in [5.74, 6) is -0.907. The second-order valence-corrected chi connectivity index (χ2v) is 5.69. The molecule has 20 heavy (non-hydrogen) atoms. The number of carboxylic acids is 1. The van der Waals surface area contributed by atoms with E-state index in [4.69, 9.17) is 9.84 Å². The zero-order valence-electron chi connectivity index (χ0n) is 12.2. The second-order valence-electron chi connectivity index (χ2n) is 4.83. The normalized spacial score (nSPS) is 12.7. The van der Waals surface area contributed by atoms with E-state index in [-0.39, 0.29) is 0 Å². The van der Waals surface area contributed by atoms with Crippen LogP contribution >= 0.6 is 15.9 Å². The number of carbonyl (C=O) groups is 1. The lowest BCUT2D eigenvalue weighted by molar-refractivity contribution is 0.0696. The molecule has 0 heterocycles. The van der Waals surface area contributed by atoms with Crippen molar-refractivity contribution >= 4 is 21.9 Å². The highest BCUT2D eigenvalue weighted by atomic mass is 79.9. The van der Waals surface area contributed by atoms with Crippen LogP contribution in [0.3, 0.4) is 0 Å². The maximum atomic E-state index is 10.9. The molecule has 0 saturated heterocycles. The second kappa shape index (κ2) is 8.39. The van der Waals surface area contributed by atoms with Crippen LogP contribution in [0, 0.1) is 0 Å². The van der Waals surface area contributed by atoms with Crippen LogP contribution in [0.1, 0.15) is 36.2 Å². The number of rotatable bonds is 8. The molecule has 4 nitrogen and oxygen atoms in total. The van der Waals surface area contributed by atoms with E-state index in [0.29, 0.717) is 18.2 Å². The van der Waals surface area contributed by atoms with Crippen molar-refractivity contribution < 1.29 is 14.6 Å². The van der Waals surface area contributed by atoms with Crippen LogP contribution in [0.15, 0.2) is 22.7 Å². The number of halogens is 1. The molecule has 0 aliphatic heterocycles. The van der Waals surface area contributed by atoms with E-state index < -0.39 is 5.97 Å². The minimum atomic E-state index is -0.907. The summed E-state index contributed by atoms with van der Waals surface area (Å²) in [5, 5.41) is 8.98. The van der Waals surface area contributed by atoms with Gasteiger partial charge in [-0.1, -0.05) is 28.9 Å². The number of hydrogen-bond donors (Lipinski definition) is 1. The highest BCUT2D eigenvalue weighted by molar-refractivity contribution is 9.10. The third-order valence-corrected chi connectivity index (χ3v) is 4.21. The van der Waals surface area contributed by atoms with Gasteiger partial charge in [0, 0.05) is 30.7 Å². The number of methoxy groups -OCH3 is 1. The monoisotopic (exact) mass is 343 g/mol. The first-order valence-corrected chi connectivity index (χ1v) is 7.53. The molecule has 0 amide bonds. The van der Waals surface area contributed by atoms with E-state index >= 15 is 0 Å². The van der Waals surface area contributed by atoms with Crippen molar-refractivity contribution in [3.63, 3.8) is 0 Å². The summed E-state index contributed by atoms with van der Waals surface area (Å²) < 4.78 is 5.99. The van der Waals surface area contributed by atoms with Gasteiger partial charge >= 0.3 is 5.97 Å². The first kappa shape index (κ1) is 17.1. The van der Waals surface area contributed by atoms with E-state index in [1.807, 2.05) is 6.07 Å². The summed E-state index contributed by atoms with van der Waals surface area (Å²) in [6, 6.07) is 5.63. The van der Waals surface area contributed by atoms with Crippen molar-refractivity contribution in [3.8, 4) is 0 Å². The predicted molar refractivity (Wildman–Crippen MR) is 83.1 cm³/mol. The van der Waals surface area contributed by atoms with Gasteiger partial charge < -0.3 is 9.84 Å². The Balaban J connectivity index is 2.84. The molecule has 0 radical (unpaired) electrons. The zero-order chi connectivity index (χ0) is 15.1. The summed E-state index contributed by atoms with van der Waals surface area (Å²) >= 11 is 3.46. The Labute approximate surface area is 128 Å². The van der Waals surface area contributed by atoms with Gasteiger partial charge in [-0.15, -0.1) is 0 Å². The van der Waals surface area contributed by atoms with Crippen molar-refractivity contribution in [2.75, 3.05) is 20.3 Å². The van der Waals surface area contributed by atoms with Gasteiger partial charge in [0.15, 0.2) is 0 Å². The molecule has 1 atom stereocenters. The minimum Gasteiger partial charge on any atom is -0.478 e. The van der Waals surface area contributed by atoms with E-state index in [1.54, 1.807) is 19.2 Å².